The van der Waals surface area contributed by atoms with Crippen molar-refractivity contribution < 1.29 is 19.4 Å². The minimum Gasteiger partial charge on any atom is -0.497 e. The zero-order valence-corrected chi connectivity index (χ0v) is 14.1. The molecule has 1 heterocycles. The molecule has 0 aromatic heterocycles. The lowest BCUT2D eigenvalue weighted by Crippen LogP contribution is -2.31. The molecule has 0 saturated carbocycles. The van der Waals surface area contributed by atoms with Crippen LogP contribution in [0.4, 0.5) is 0 Å². The van der Waals surface area contributed by atoms with Gasteiger partial charge in [-0.25, -0.2) is 4.79 Å². The van der Waals surface area contributed by atoms with Crippen LogP contribution in [-0.4, -0.2) is 35.5 Å². The summed E-state index contributed by atoms with van der Waals surface area (Å²) in [5.74, 6) is -0.107. The standard InChI is InChI=1S/C20H21NO4/c1-25-17-5-2-4-16(13-17)18-6-3-11-21(18)19(22)12-14-7-9-15(10-8-14)20(23)24/h2,4-5,7-10,13,18H,3,6,11-12H2,1H3,(H,23,24)/t18-/m0/s1. The molecule has 2 aromatic rings. The molecule has 1 fully saturated rings. The number of likely N-dealkylation sites (tertiary alicyclic amines) is 1. The van der Waals surface area contributed by atoms with Gasteiger partial charge in [-0.05, 0) is 48.2 Å². The smallest absolute Gasteiger partial charge is 0.335 e. The molecule has 130 valence electrons. The Balaban J connectivity index is 1.73. The second-order valence-corrected chi connectivity index (χ2v) is 6.20. The predicted molar refractivity (Wildman–Crippen MR) is 93.8 cm³/mol. The molecule has 25 heavy (non-hydrogen) atoms. The van der Waals surface area contributed by atoms with Gasteiger partial charge in [0, 0.05) is 6.54 Å². The summed E-state index contributed by atoms with van der Waals surface area (Å²) >= 11 is 0. The first-order valence-corrected chi connectivity index (χ1v) is 8.34. The number of carboxylic acids is 1. The molecule has 1 N–H and O–H groups in total. The summed E-state index contributed by atoms with van der Waals surface area (Å²) in [4.78, 5) is 25.6. The Hall–Kier alpha value is -2.82. The monoisotopic (exact) mass is 339 g/mol. The van der Waals surface area contributed by atoms with Crippen molar-refractivity contribution in [3.05, 3.63) is 65.2 Å². The lowest BCUT2D eigenvalue weighted by molar-refractivity contribution is -0.131. The summed E-state index contributed by atoms with van der Waals surface area (Å²) in [6.45, 7) is 0.744. The molecule has 1 aliphatic rings. The largest absolute Gasteiger partial charge is 0.497 e. The molecular formula is C20H21NO4. The second kappa shape index (κ2) is 7.38. The van der Waals surface area contributed by atoms with Crippen LogP contribution in [0.2, 0.25) is 0 Å². The van der Waals surface area contributed by atoms with Crippen LogP contribution in [0, 0.1) is 0 Å². The summed E-state index contributed by atoms with van der Waals surface area (Å²) in [6.07, 6.45) is 2.20. The first-order chi connectivity index (χ1) is 12.1. The fraction of sp³-hybridized carbons (Fsp3) is 0.300. The van der Waals surface area contributed by atoms with Gasteiger partial charge in [-0.2, -0.15) is 0 Å². The lowest BCUT2D eigenvalue weighted by atomic mass is 10.0. The highest BCUT2D eigenvalue weighted by atomic mass is 16.5. The van der Waals surface area contributed by atoms with Crippen LogP contribution in [0.25, 0.3) is 0 Å². The number of carbonyl (C=O) groups excluding carboxylic acids is 1. The van der Waals surface area contributed by atoms with Crippen molar-refractivity contribution in [3.63, 3.8) is 0 Å². The molecule has 0 bridgehead atoms. The van der Waals surface area contributed by atoms with Gasteiger partial charge in [-0.15, -0.1) is 0 Å². The number of benzene rings is 2. The number of ether oxygens (including phenoxy) is 1. The third kappa shape index (κ3) is 3.82. The quantitative estimate of drug-likeness (QED) is 0.908. The fourth-order valence-corrected chi connectivity index (χ4v) is 3.30. The van der Waals surface area contributed by atoms with E-state index in [4.69, 9.17) is 9.84 Å². The number of aromatic carboxylic acids is 1. The minimum absolute atomic E-state index is 0.0633. The molecular weight excluding hydrogens is 318 g/mol. The summed E-state index contributed by atoms with van der Waals surface area (Å²) < 4.78 is 5.28. The molecule has 0 radical (unpaired) electrons. The van der Waals surface area contributed by atoms with Crippen LogP contribution < -0.4 is 4.74 Å². The molecule has 1 atom stereocenters. The van der Waals surface area contributed by atoms with E-state index >= 15 is 0 Å². The summed E-state index contributed by atoms with van der Waals surface area (Å²) in [5, 5.41) is 8.95. The fourth-order valence-electron chi connectivity index (χ4n) is 3.30. The van der Waals surface area contributed by atoms with Gasteiger partial charge >= 0.3 is 5.97 Å². The maximum atomic E-state index is 12.8. The van der Waals surface area contributed by atoms with E-state index in [1.54, 1.807) is 19.2 Å². The van der Waals surface area contributed by atoms with Crippen LogP contribution in [0.5, 0.6) is 5.75 Å². The first kappa shape index (κ1) is 17.0. The molecule has 5 nitrogen and oxygen atoms in total. The van der Waals surface area contributed by atoms with E-state index in [0.717, 1.165) is 36.3 Å². The maximum absolute atomic E-state index is 12.8. The third-order valence-corrected chi connectivity index (χ3v) is 4.61. The predicted octanol–water partition coefficient (Wildman–Crippen LogP) is 3.30. The molecule has 0 aliphatic carbocycles. The van der Waals surface area contributed by atoms with E-state index in [1.165, 1.54) is 12.1 Å². The number of carbonyl (C=O) groups is 2. The Kier molecular flexibility index (Phi) is 5.03. The van der Waals surface area contributed by atoms with Gasteiger partial charge in [0.05, 0.1) is 25.1 Å². The highest BCUT2D eigenvalue weighted by molar-refractivity contribution is 5.87. The Morgan fingerprint density at radius 3 is 2.64 bits per heavy atom. The van der Waals surface area contributed by atoms with Gasteiger partial charge in [0.25, 0.3) is 0 Å². The van der Waals surface area contributed by atoms with Crippen molar-refractivity contribution in [2.24, 2.45) is 0 Å². The van der Waals surface area contributed by atoms with Crippen LogP contribution in [0.3, 0.4) is 0 Å². The van der Waals surface area contributed by atoms with Crippen LogP contribution >= 0.6 is 0 Å². The topological polar surface area (TPSA) is 66.8 Å². The van der Waals surface area contributed by atoms with Gasteiger partial charge < -0.3 is 14.7 Å². The number of carboxylic acid groups (broad SMARTS) is 1. The lowest BCUT2D eigenvalue weighted by Gasteiger charge is -2.25. The van der Waals surface area contributed by atoms with Crippen LogP contribution in [-0.2, 0) is 11.2 Å². The van der Waals surface area contributed by atoms with E-state index in [-0.39, 0.29) is 23.9 Å². The highest BCUT2D eigenvalue weighted by Crippen LogP contribution is 2.33. The van der Waals surface area contributed by atoms with Crippen LogP contribution in [0.15, 0.2) is 48.5 Å². The molecule has 1 amide bonds. The Morgan fingerprint density at radius 2 is 1.96 bits per heavy atom. The summed E-state index contributed by atoms with van der Waals surface area (Å²) in [7, 11) is 1.64. The van der Waals surface area contributed by atoms with E-state index in [2.05, 4.69) is 0 Å². The Labute approximate surface area is 146 Å². The van der Waals surface area contributed by atoms with Crippen molar-refractivity contribution >= 4 is 11.9 Å². The normalized spacial score (nSPS) is 16.7. The SMILES string of the molecule is COc1cccc([C@@H]2CCCN2C(=O)Cc2ccc(C(=O)O)cc2)c1. The summed E-state index contributed by atoms with van der Waals surface area (Å²) in [6, 6.07) is 14.4. The number of methoxy groups -OCH3 is 1. The first-order valence-electron chi connectivity index (χ1n) is 8.34. The van der Waals surface area contributed by atoms with E-state index < -0.39 is 5.97 Å². The Morgan fingerprint density at radius 1 is 1.20 bits per heavy atom. The Bertz CT molecular complexity index is 770. The number of rotatable bonds is 5. The minimum atomic E-state index is -0.962. The van der Waals surface area contributed by atoms with Gasteiger partial charge in [-0.3, -0.25) is 4.79 Å². The molecule has 2 aromatic carbocycles. The van der Waals surface area contributed by atoms with Gasteiger partial charge in [-0.1, -0.05) is 24.3 Å². The molecule has 3 rings (SSSR count). The van der Waals surface area contributed by atoms with E-state index in [9.17, 15) is 9.59 Å². The van der Waals surface area contributed by atoms with Crippen molar-refractivity contribution in [1.29, 1.82) is 0 Å². The average Bonchev–Trinajstić information content (AvgIpc) is 3.12. The molecule has 1 aliphatic heterocycles. The van der Waals surface area contributed by atoms with Gasteiger partial charge in [0.2, 0.25) is 5.91 Å². The average molecular weight is 339 g/mol. The van der Waals surface area contributed by atoms with Gasteiger partial charge in [0.1, 0.15) is 5.75 Å². The number of hydrogen-bond donors (Lipinski definition) is 1. The highest BCUT2D eigenvalue weighted by Gasteiger charge is 2.30. The zero-order chi connectivity index (χ0) is 17.8. The number of nitrogens with zero attached hydrogens (tertiary/aromatic N) is 1. The van der Waals surface area contributed by atoms with E-state index in [0.29, 0.717) is 0 Å². The molecule has 5 heteroatoms. The van der Waals surface area contributed by atoms with E-state index in [1.807, 2.05) is 29.2 Å². The molecule has 0 spiro atoms. The number of hydrogen-bond acceptors (Lipinski definition) is 3. The molecule has 1 saturated heterocycles. The van der Waals surface area contributed by atoms with Crippen molar-refractivity contribution in [1.82, 2.24) is 4.90 Å². The third-order valence-electron chi connectivity index (χ3n) is 4.61. The summed E-state index contributed by atoms with van der Waals surface area (Å²) in [5.41, 5.74) is 2.14. The van der Waals surface area contributed by atoms with Crippen LogP contribution in [0.1, 0.15) is 40.4 Å². The maximum Gasteiger partial charge on any atom is 0.335 e. The molecule has 0 unspecified atom stereocenters. The number of amides is 1. The van der Waals surface area contributed by atoms with Crippen molar-refractivity contribution in [2.75, 3.05) is 13.7 Å². The second-order valence-electron chi connectivity index (χ2n) is 6.20. The zero-order valence-electron chi connectivity index (χ0n) is 14.1. The van der Waals surface area contributed by atoms with Crippen molar-refractivity contribution in [2.45, 2.75) is 25.3 Å². The van der Waals surface area contributed by atoms with Gasteiger partial charge in [0.15, 0.2) is 0 Å². The van der Waals surface area contributed by atoms with Crippen molar-refractivity contribution in [3.8, 4) is 5.75 Å².